The maximum Gasteiger partial charge on any atom is 0.189 e. The zero-order valence-electron chi connectivity index (χ0n) is 9.55. The van der Waals surface area contributed by atoms with Gasteiger partial charge in [0.2, 0.25) is 0 Å². The highest BCUT2D eigenvalue weighted by atomic mass is 16.1. The maximum atomic E-state index is 12.1. The van der Waals surface area contributed by atoms with Gasteiger partial charge in [-0.15, -0.1) is 0 Å². The molecule has 1 heterocycles. The van der Waals surface area contributed by atoms with Gasteiger partial charge in [0.05, 0.1) is 6.20 Å². The summed E-state index contributed by atoms with van der Waals surface area (Å²) in [7, 11) is 1.87. The number of aromatic nitrogens is 2. The number of ketones is 1. The third-order valence-electron chi connectivity index (χ3n) is 3.00. The van der Waals surface area contributed by atoms with Crippen LogP contribution in [0.3, 0.4) is 0 Å². The van der Waals surface area contributed by atoms with Crippen molar-refractivity contribution in [3.05, 3.63) is 58.9 Å². The van der Waals surface area contributed by atoms with Gasteiger partial charge in [-0.1, -0.05) is 24.3 Å². The van der Waals surface area contributed by atoms with Crippen molar-refractivity contribution in [2.75, 3.05) is 0 Å². The molecule has 2 aromatic rings. The van der Waals surface area contributed by atoms with Crippen molar-refractivity contribution in [2.45, 2.75) is 6.42 Å². The topological polar surface area (TPSA) is 34.9 Å². The van der Waals surface area contributed by atoms with Crippen LogP contribution < -0.4 is 0 Å². The van der Waals surface area contributed by atoms with Crippen molar-refractivity contribution in [3.8, 4) is 0 Å². The third-order valence-corrected chi connectivity index (χ3v) is 3.00. The monoisotopic (exact) mass is 224 g/mol. The van der Waals surface area contributed by atoms with E-state index in [1.807, 2.05) is 43.6 Å². The Labute approximate surface area is 99.4 Å². The Balaban J connectivity index is 1.99. The highest BCUT2D eigenvalue weighted by Crippen LogP contribution is 2.27. The molecule has 0 atom stereocenters. The number of benzene rings is 1. The summed E-state index contributed by atoms with van der Waals surface area (Å²) in [6.45, 7) is 0. The van der Waals surface area contributed by atoms with Crippen molar-refractivity contribution >= 4 is 11.9 Å². The first-order valence-corrected chi connectivity index (χ1v) is 5.56. The molecule has 0 saturated heterocycles. The second kappa shape index (κ2) is 3.70. The summed E-state index contributed by atoms with van der Waals surface area (Å²) < 4.78 is 1.74. The lowest BCUT2D eigenvalue weighted by Gasteiger charge is -1.92. The summed E-state index contributed by atoms with van der Waals surface area (Å²) in [6.07, 6.45) is 6.33. The highest BCUT2D eigenvalue weighted by Gasteiger charge is 2.23. The molecule has 0 aliphatic heterocycles. The molecule has 17 heavy (non-hydrogen) atoms. The molecular weight excluding hydrogens is 212 g/mol. The summed E-state index contributed by atoms with van der Waals surface area (Å²) in [6, 6.07) is 7.78. The van der Waals surface area contributed by atoms with Crippen LogP contribution >= 0.6 is 0 Å². The molecule has 1 aliphatic carbocycles. The number of nitrogens with zero attached hydrogens (tertiary/aromatic N) is 2. The maximum absolute atomic E-state index is 12.1. The Bertz CT molecular complexity index is 623. The Morgan fingerprint density at radius 2 is 2.18 bits per heavy atom. The molecular formula is C14H12N2O. The van der Waals surface area contributed by atoms with Crippen LogP contribution in [-0.4, -0.2) is 15.6 Å². The molecule has 0 fully saturated rings. The number of aryl methyl sites for hydroxylation is 1. The van der Waals surface area contributed by atoms with Crippen LogP contribution in [0.5, 0.6) is 0 Å². The molecule has 3 heteroatoms. The Morgan fingerprint density at radius 1 is 1.35 bits per heavy atom. The average Bonchev–Trinajstić information content (AvgIpc) is 2.86. The average molecular weight is 224 g/mol. The first-order valence-electron chi connectivity index (χ1n) is 5.56. The van der Waals surface area contributed by atoms with Crippen molar-refractivity contribution < 1.29 is 4.79 Å². The zero-order chi connectivity index (χ0) is 11.8. The molecule has 0 spiro atoms. The fourth-order valence-electron chi connectivity index (χ4n) is 2.19. The molecule has 0 N–H and O–H groups in total. The van der Waals surface area contributed by atoms with Crippen LogP contribution in [0.1, 0.15) is 21.5 Å². The fraction of sp³-hybridized carbons (Fsp3) is 0.143. The van der Waals surface area contributed by atoms with E-state index in [1.165, 1.54) is 0 Å². The number of rotatable bonds is 1. The number of carbonyl (C=O) groups excluding carboxylic acids is 1. The predicted octanol–water partition coefficient (Wildman–Crippen LogP) is 2.24. The first-order chi connectivity index (χ1) is 8.24. The number of Topliss-reactive ketones (excluding diaryl/α,β-unsaturated/α-hetero) is 1. The molecule has 0 bridgehead atoms. The van der Waals surface area contributed by atoms with Gasteiger partial charge in [0.1, 0.15) is 0 Å². The largest absolute Gasteiger partial charge is 0.289 e. The lowest BCUT2D eigenvalue weighted by Crippen LogP contribution is -1.94. The van der Waals surface area contributed by atoms with E-state index in [4.69, 9.17) is 0 Å². The van der Waals surface area contributed by atoms with Crippen LogP contribution in [0, 0.1) is 0 Å². The fourth-order valence-corrected chi connectivity index (χ4v) is 2.19. The van der Waals surface area contributed by atoms with E-state index in [9.17, 15) is 4.79 Å². The van der Waals surface area contributed by atoms with Crippen molar-refractivity contribution in [2.24, 2.45) is 7.05 Å². The Kier molecular flexibility index (Phi) is 2.18. The van der Waals surface area contributed by atoms with Gasteiger partial charge < -0.3 is 0 Å². The molecule has 1 aromatic heterocycles. The first kappa shape index (κ1) is 10.0. The minimum Gasteiger partial charge on any atom is -0.289 e. The molecule has 3 rings (SSSR count). The van der Waals surface area contributed by atoms with E-state index in [1.54, 1.807) is 10.9 Å². The number of hydrogen-bond donors (Lipinski definition) is 0. The van der Waals surface area contributed by atoms with E-state index in [2.05, 4.69) is 5.10 Å². The van der Waals surface area contributed by atoms with Gasteiger partial charge in [0.25, 0.3) is 0 Å². The third kappa shape index (κ3) is 1.69. The van der Waals surface area contributed by atoms with E-state index < -0.39 is 0 Å². The number of allylic oxidation sites excluding steroid dienone is 1. The second-order valence-electron chi connectivity index (χ2n) is 4.28. The lowest BCUT2D eigenvalue weighted by molar-refractivity contribution is 0.104. The smallest absolute Gasteiger partial charge is 0.189 e. The van der Waals surface area contributed by atoms with Gasteiger partial charge in [-0.25, -0.2) is 0 Å². The second-order valence-corrected chi connectivity index (χ2v) is 4.28. The van der Waals surface area contributed by atoms with E-state index >= 15 is 0 Å². The van der Waals surface area contributed by atoms with E-state index in [-0.39, 0.29) is 5.78 Å². The zero-order valence-corrected chi connectivity index (χ0v) is 9.55. The molecule has 0 amide bonds. The summed E-state index contributed by atoms with van der Waals surface area (Å²) in [5.41, 5.74) is 3.78. The van der Waals surface area contributed by atoms with Crippen molar-refractivity contribution in [3.63, 3.8) is 0 Å². The van der Waals surface area contributed by atoms with E-state index in [0.29, 0.717) is 0 Å². The van der Waals surface area contributed by atoms with E-state index in [0.717, 1.165) is 28.7 Å². The molecule has 0 saturated carbocycles. The minimum absolute atomic E-state index is 0.143. The Morgan fingerprint density at radius 3 is 2.88 bits per heavy atom. The van der Waals surface area contributed by atoms with Gasteiger partial charge in [-0.05, 0) is 11.6 Å². The number of hydrogen-bond acceptors (Lipinski definition) is 2. The van der Waals surface area contributed by atoms with Crippen LogP contribution in [0.4, 0.5) is 0 Å². The SMILES string of the molecule is Cn1cc(/C=C2\Cc3ccccc3C2=O)cn1. The molecule has 1 aliphatic rings. The molecule has 0 radical (unpaired) electrons. The van der Waals surface area contributed by atoms with Gasteiger partial charge in [-0.3, -0.25) is 9.48 Å². The molecule has 1 aromatic carbocycles. The normalized spacial score (nSPS) is 16.5. The van der Waals surface area contributed by atoms with Crippen LogP contribution in [0.15, 0.2) is 42.2 Å². The predicted molar refractivity (Wildman–Crippen MR) is 65.7 cm³/mol. The summed E-state index contributed by atoms with van der Waals surface area (Å²) >= 11 is 0. The molecule has 84 valence electrons. The van der Waals surface area contributed by atoms with Gasteiger partial charge >= 0.3 is 0 Å². The van der Waals surface area contributed by atoms with Crippen molar-refractivity contribution in [1.82, 2.24) is 9.78 Å². The quantitative estimate of drug-likeness (QED) is 0.696. The lowest BCUT2D eigenvalue weighted by atomic mass is 10.1. The standard InChI is InChI=1S/C14H12N2O/c1-16-9-10(8-15-16)6-12-7-11-4-2-3-5-13(11)14(12)17/h2-6,8-9H,7H2,1H3/b12-6+. The summed E-state index contributed by atoms with van der Waals surface area (Å²) in [5, 5.41) is 4.09. The van der Waals surface area contributed by atoms with Gasteiger partial charge in [0, 0.05) is 36.4 Å². The van der Waals surface area contributed by atoms with Gasteiger partial charge in [-0.2, -0.15) is 5.10 Å². The molecule has 0 unspecified atom stereocenters. The highest BCUT2D eigenvalue weighted by molar-refractivity contribution is 6.15. The van der Waals surface area contributed by atoms with Crippen LogP contribution in [0.25, 0.3) is 6.08 Å². The number of fused-ring (bicyclic) bond motifs is 1. The van der Waals surface area contributed by atoms with Crippen LogP contribution in [0.2, 0.25) is 0 Å². The minimum atomic E-state index is 0.143. The van der Waals surface area contributed by atoms with Crippen molar-refractivity contribution in [1.29, 1.82) is 0 Å². The van der Waals surface area contributed by atoms with Crippen LogP contribution in [-0.2, 0) is 13.5 Å². The summed E-state index contributed by atoms with van der Waals surface area (Å²) in [4.78, 5) is 12.1. The number of carbonyl (C=O) groups is 1. The molecule has 3 nitrogen and oxygen atoms in total. The summed E-state index contributed by atoms with van der Waals surface area (Å²) in [5.74, 6) is 0.143. The van der Waals surface area contributed by atoms with Gasteiger partial charge in [0.15, 0.2) is 5.78 Å². The Hall–Kier alpha value is -2.16.